The number of ketones is 2. The first-order valence-corrected chi connectivity index (χ1v) is 8.13. The Hall–Kier alpha value is -2.22. The number of Topliss-reactive ketones (excluding diaryl/α,β-unsaturated/α-hetero) is 2. The fourth-order valence-electron chi connectivity index (χ4n) is 4.20. The molecule has 0 fully saturated rings. The number of benzene rings is 2. The highest BCUT2D eigenvalue weighted by Crippen LogP contribution is 2.50. The lowest BCUT2D eigenvalue weighted by Crippen LogP contribution is -2.16. The second-order valence-electron chi connectivity index (χ2n) is 6.66. The van der Waals surface area contributed by atoms with E-state index in [2.05, 4.69) is 24.3 Å². The highest BCUT2D eigenvalue weighted by atomic mass is 16.1. The highest BCUT2D eigenvalue weighted by Gasteiger charge is 2.30. The molecule has 2 aromatic rings. The summed E-state index contributed by atoms with van der Waals surface area (Å²) in [5, 5.41) is 0. The molecule has 0 spiro atoms. The number of rotatable bonds is 0. The van der Waals surface area contributed by atoms with Gasteiger partial charge in [0, 0.05) is 24.0 Å². The van der Waals surface area contributed by atoms with Gasteiger partial charge in [-0.15, -0.1) is 0 Å². The molecule has 3 aliphatic rings. The summed E-state index contributed by atoms with van der Waals surface area (Å²) in [6.45, 7) is 0. The molecular formula is C20H16O2. The summed E-state index contributed by atoms with van der Waals surface area (Å²) < 4.78 is 0. The van der Waals surface area contributed by atoms with Gasteiger partial charge in [-0.3, -0.25) is 9.59 Å². The van der Waals surface area contributed by atoms with Crippen molar-refractivity contribution in [3.8, 4) is 22.3 Å². The number of aryl methyl sites for hydroxylation is 2. The van der Waals surface area contributed by atoms with Crippen LogP contribution in [0.5, 0.6) is 0 Å². The summed E-state index contributed by atoms with van der Waals surface area (Å²) in [7, 11) is 0. The van der Waals surface area contributed by atoms with Crippen LogP contribution < -0.4 is 0 Å². The molecule has 0 saturated carbocycles. The van der Waals surface area contributed by atoms with E-state index in [-0.39, 0.29) is 11.6 Å². The minimum Gasteiger partial charge on any atom is -0.294 e. The van der Waals surface area contributed by atoms with Crippen LogP contribution in [-0.2, 0) is 12.8 Å². The number of fused-ring (bicyclic) bond motifs is 6. The molecule has 22 heavy (non-hydrogen) atoms. The van der Waals surface area contributed by atoms with Gasteiger partial charge in [0.15, 0.2) is 11.6 Å². The summed E-state index contributed by atoms with van der Waals surface area (Å²) in [5.41, 5.74) is 9.06. The van der Waals surface area contributed by atoms with E-state index in [1.54, 1.807) is 0 Å². The van der Waals surface area contributed by atoms with Crippen molar-refractivity contribution in [2.24, 2.45) is 0 Å². The smallest absolute Gasteiger partial charge is 0.163 e. The molecule has 0 heterocycles. The van der Waals surface area contributed by atoms with E-state index < -0.39 is 0 Å². The summed E-state index contributed by atoms with van der Waals surface area (Å²) in [6.07, 6.45) is 5.26. The average molecular weight is 288 g/mol. The van der Waals surface area contributed by atoms with Crippen molar-refractivity contribution in [1.82, 2.24) is 0 Å². The third kappa shape index (κ3) is 1.50. The zero-order valence-electron chi connectivity index (χ0n) is 12.4. The Morgan fingerprint density at radius 1 is 0.500 bits per heavy atom. The molecule has 3 aliphatic carbocycles. The van der Waals surface area contributed by atoms with Crippen LogP contribution in [0, 0.1) is 0 Å². The predicted molar refractivity (Wildman–Crippen MR) is 85.4 cm³/mol. The van der Waals surface area contributed by atoms with Crippen LogP contribution in [0.4, 0.5) is 0 Å². The van der Waals surface area contributed by atoms with Gasteiger partial charge in [0.05, 0.1) is 0 Å². The second kappa shape index (κ2) is 4.16. The molecule has 2 nitrogen and oxygen atoms in total. The van der Waals surface area contributed by atoms with Crippen molar-refractivity contribution >= 4 is 11.6 Å². The van der Waals surface area contributed by atoms with Crippen LogP contribution in [-0.4, -0.2) is 11.6 Å². The van der Waals surface area contributed by atoms with Gasteiger partial charge in [-0.2, -0.15) is 0 Å². The van der Waals surface area contributed by atoms with Crippen molar-refractivity contribution in [3.63, 3.8) is 0 Å². The van der Waals surface area contributed by atoms with Gasteiger partial charge in [-0.1, -0.05) is 0 Å². The van der Waals surface area contributed by atoms with Gasteiger partial charge in [-0.25, -0.2) is 0 Å². The zero-order valence-corrected chi connectivity index (χ0v) is 12.4. The Kier molecular flexibility index (Phi) is 2.33. The molecule has 0 unspecified atom stereocenters. The third-order valence-electron chi connectivity index (χ3n) is 5.37. The van der Waals surface area contributed by atoms with Crippen LogP contribution in [0.2, 0.25) is 0 Å². The zero-order chi connectivity index (χ0) is 14.8. The Labute approximate surface area is 129 Å². The van der Waals surface area contributed by atoms with Gasteiger partial charge in [-0.05, 0) is 83.3 Å². The van der Waals surface area contributed by atoms with Gasteiger partial charge in [0.25, 0.3) is 0 Å². The molecule has 0 amide bonds. The van der Waals surface area contributed by atoms with Crippen LogP contribution in [0.25, 0.3) is 22.3 Å². The average Bonchev–Trinajstić information content (AvgIpc) is 2.52. The van der Waals surface area contributed by atoms with Gasteiger partial charge in [0.1, 0.15) is 0 Å². The molecule has 0 aromatic heterocycles. The Balaban J connectivity index is 1.70. The molecular weight excluding hydrogens is 272 g/mol. The molecule has 0 N–H and O–H groups in total. The molecule has 0 bridgehead atoms. The second-order valence-corrected chi connectivity index (χ2v) is 6.66. The van der Waals surface area contributed by atoms with E-state index in [1.807, 2.05) is 0 Å². The fourth-order valence-corrected chi connectivity index (χ4v) is 4.20. The summed E-state index contributed by atoms with van der Waals surface area (Å²) in [5.74, 6) is 0.566. The SMILES string of the molecule is O=C1CCCc2cc3c(cc21)-c1cc2c(cc1-3)C(=O)CCC2. The van der Waals surface area contributed by atoms with E-state index in [1.165, 1.54) is 33.4 Å². The predicted octanol–water partition coefficient (Wildman–Crippen LogP) is 4.37. The van der Waals surface area contributed by atoms with E-state index in [0.29, 0.717) is 12.8 Å². The van der Waals surface area contributed by atoms with E-state index >= 15 is 0 Å². The first kappa shape index (κ1) is 12.3. The van der Waals surface area contributed by atoms with Crippen molar-refractivity contribution in [3.05, 3.63) is 46.5 Å². The first-order valence-electron chi connectivity index (χ1n) is 8.13. The maximum atomic E-state index is 12.1. The number of carbonyl (C=O) groups excluding carboxylic acids is 2. The third-order valence-corrected chi connectivity index (χ3v) is 5.37. The first-order chi connectivity index (χ1) is 10.7. The van der Waals surface area contributed by atoms with Gasteiger partial charge in [0.2, 0.25) is 0 Å². The topological polar surface area (TPSA) is 34.1 Å². The van der Waals surface area contributed by atoms with Crippen molar-refractivity contribution in [2.45, 2.75) is 38.5 Å². The van der Waals surface area contributed by atoms with Crippen molar-refractivity contribution < 1.29 is 9.59 Å². The molecule has 0 radical (unpaired) electrons. The normalized spacial score (nSPS) is 18.0. The van der Waals surface area contributed by atoms with E-state index in [0.717, 1.165) is 36.8 Å². The maximum Gasteiger partial charge on any atom is 0.163 e. The fraction of sp³-hybridized carbons (Fsp3) is 0.300. The van der Waals surface area contributed by atoms with Crippen LogP contribution in [0.3, 0.4) is 0 Å². The Morgan fingerprint density at radius 3 is 1.36 bits per heavy atom. The standard InChI is InChI=1S/C20H16O2/c21-19-5-1-3-11-7-15-17(9-13(11)19)16-8-12-4-2-6-20(22)14(12)10-18(15)16/h7-10H,1-6H2. The quantitative estimate of drug-likeness (QED) is 0.615. The lowest BCUT2D eigenvalue weighted by molar-refractivity contribution is 0.0964. The summed E-state index contributed by atoms with van der Waals surface area (Å²) in [6, 6.07) is 8.55. The molecule has 0 atom stereocenters. The van der Waals surface area contributed by atoms with Crippen molar-refractivity contribution in [2.75, 3.05) is 0 Å². The molecule has 0 saturated heterocycles. The summed E-state index contributed by atoms with van der Waals surface area (Å²) >= 11 is 0. The number of hydrogen-bond acceptors (Lipinski definition) is 2. The molecule has 108 valence electrons. The van der Waals surface area contributed by atoms with Gasteiger partial charge < -0.3 is 0 Å². The van der Waals surface area contributed by atoms with Crippen LogP contribution >= 0.6 is 0 Å². The summed E-state index contributed by atoms with van der Waals surface area (Å²) in [4.78, 5) is 24.2. The Bertz CT molecular complexity index is 786. The Morgan fingerprint density at radius 2 is 0.909 bits per heavy atom. The van der Waals surface area contributed by atoms with Crippen LogP contribution in [0.1, 0.15) is 57.5 Å². The minimum atomic E-state index is 0.283. The van der Waals surface area contributed by atoms with Crippen LogP contribution in [0.15, 0.2) is 24.3 Å². The highest BCUT2D eigenvalue weighted by molar-refractivity contribution is 6.10. The van der Waals surface area contributed by atoms with Gasteiger partial charge >= 0.3 is 0 Å². The monoisotopic (exact) mass is 288 g/mol. The van der Waals surface area contributed by atoms with E-state index in [4.69, 9.17) is 0 Å². The van der Waals surface area contributed by atoms with E-state index in [9.17, 15) is 9.59 Å². The van der Waals surface area contributed by atoms with Crippen molar-refractivity contribution in [1.29, 1.82) is 0 Å². The number of carbonyl (C=O) groups is 2. The molecule has 0 aliphatic heterocycles. The maximum absolute atomic E-state index is 12.1. The molecule has 2 aromatic carbocycles. The number of hydrogen-bond donors (Lipinski definition) is 0. The molecule has 5 rings (SSSR count). The largest absolute Gasteiger partial charge is 0.294 e. The molecule has 2 heteroatoms. The minimum absolute atomic E-state index is 0.283. The lowest BCUT2D eigenvalue weighted by atomic mass is 9.73. The lowest BCUT2D eigenvalue weighted by Gasteiger charge is -2.30.